The zero-order valence-corrected chi connectivity index (χ0v) is 13.0. The van der Waals surface area contributed by atoms with Crippen LogP contribution in [0.15, 0.2) is 0 Å². The third kappa shape index (κ3) is 18.0. The van der Waals surface area contributed by atoms with E-state index < -0.39 is 6.09 Å². The van der Waals surface area contributed by atoms with Gasteiger partial charge in [0, 0.05) is 12.5 Å². The van der Waals surface area contributed by atoms with E-state index in [0.717, 1.165) is 19.3 Å². The highest BCUT2D eigenvalue weighted by molar-refractivity contribution is 5.76. The van der Waals surface area contributed by atoms with Gasteiger partial charge in [-0.15, -0.1) is 0 Å². The number of alkyl carbamates (subject to hydrolysis) is 1. The molecule has 0 fully saturated rings. The van der Waals surface area contributed by atoms with Crippen molar-refractivity contribution in [2.75, 3.05) is 19.8 Å². The fraction of sp³-hybridized carbons (Fsp3) is 0.769. The van der Waals surface area contributed by atoms with E-state index in [1.165, 1.54) is 0 Å². The number of amides is 3. The van der Waals surface area contributed by atoms with Gasteiger partial charge in [0.05, 0.1) is 13.2 Å². The minimum absolute atomic E-state index is 0.0902. The van der Waals surface area contributed by atoms with Crippen LogP contribution in [0, 0.1) is 5.92 Å². The number of carbonyl (C=O) groups excluding carboxylic acids is 3. The van der Waals surface area contributed by atoms with Crippen LogP contribution in [0.25, 0.3) is 0 Å². The summed E-state index contributed by atoms with van der Waals surface area (Å²) in [6, 6.07) is 0. The summed E-state index contributed by atoms with van der Waals surface area (Å²) in [6.45, 7) is 6.57. The summed E-state index contributed by atoms with van der Waals surface area (Å²) in [5.41, 5.74) is 9.65. The molecular weight excluding hydrogens is 278 g/mol. The highest BCUT2D eigenvalue weighted by Crippen LogP contribution is 2.06. The lowest BCUT2D eigenvalue weighted by Gasteiger charge is -2.07. The molecule has 0 heterocycles. The molecule has 21 heavy (non-hydrogen) atoms. The molecule has 0 spiro atoms. The third-order valence-electron chi connectivity index (χ3n) is 2.38. The minimum Gasteiger partial charge on any atom is -0.450 e. The van der Waals surface area contributed by atoms with E-state index in [-0.39, 0.29) is 17.9 Å². The molecule has 0 saturated carbocycles. The number of carbonyl (C=O) groups is 3. The Bertz CT molecular complexity index is 310. The SMILES string of the molecule is CCOC(=O)NCCCCC(C)C(N)=O.CCOC(N)=O. The lowest BCUT2D eigenvalue weighted by atomic mass is 10.0. The maximum atomic E-state index is 10.8. The molecule has 0 aliphatic carbocycles. The largest absolute Gasteiger partial charge is 0.450 e. The van der Waals surface area contributed by atoms with Gasteiger partial charge in [-0.25, -0.2) is 9.59 Å². The molecule has 0 aliphatic heterocycles. The van der Waals surface area contributed by atoms with Crippen LogP contribution in [0.1, 0.15) is 40.0 Å². The van der Waals surface area contributed by atoms with Gasteiger partial charge in [-0.2, -0.15) is 0 Å². The van der Waals surface area contributed by atoms with E-state index >= 15 is 0 Å². The molecule has 0 aliphatic rings. The first kappa shape index (κ1) is 21.3. The number of rotatable bonds is 8. The predicted molar refractivity (Wildman–Crippen MR) is 78.4 cm³/mol. The zero-order chi connectivity index (χ0) is 16.7. The summed E-state index contributed by atoms with van der Waals surface area (Å²) >= 11 is 0. The molecule has 1 unspecified atom stereocenters. The number of primary amides is 2. The Labute approximate surface area is 125 Å². The van der Waals surface area contributed by atoms with Crippen LogP contribution in [-0.2, 0) is 14.3 Å². The first-order valence-corrected chi connectivity index (χ1v) is 6.97. The molecule has 1 atom stereocenters. The summed E-state index contributed by atoms with van der Waals surface area (Å²) in [6.07, 6.45) is 1.37. The first-order valence-electron chi connectivity index (χ1n) is 6.97. The molecule has 0 rings (SSSR count). The Morgan fingerprint density at radius 2 is 1.62 bits per heavy atom. The molecule has 124 valence electrons. The molecule has 0 saturated heterocycles. The fourth-order valence-electron chi connectivity index (χ4n) is 1.23. The Balaban J connectivity index is 0. The van der Waals surface area contributed by atoms with Gasteiger partial charge in [-0.05, 0) is 26.7 Å². The third-order valence-corrected chi connectivity index (χ3v) is 2.38. The fourth-order valence-corrected chi connectivity index (χ4v) is 1.23. The van der Waals surface area contributed by atoms with Crippen molar-refractivity contribution < 1.29 is 23.9 Å². The smallest absolute Gasteiger partial charge is 0.407 e. The van der Waals surface area contributed by atoms with Gasteiger partial charge in [-0.3, -0.25) is 4.79 Å². The zero-order valence-electron chi connectivity index (χ0n) is 13.0. The molecule has 8 nitrogen and oxygen atoms in total. The molecule has 0 radical (unpaired) electrons. The summed E-state index contributed by atoms with van der Waals surface area (Å²) in [7, 11) is 0. The summed E-state index contributed by atoms with van der Waals surface area (Å²) < 4.78 is 8.86. The van der Waals surface area contributed by atoms with Crippen LogP contribution in [0.5, 0.6) is 0 Å². The van der Waals surface area contributed by atoms with Gasteiger partial charge >= 0.3 is 12.2 Å². The van der Waals surface area contributed by atoms with Crippen LogP contribution < -0.4 is 16.8 Å². The Morgan fingerprint density at radius 3 is 2.00 bits per heavy atom. The lowest BCUT2D eigenvalue weighted by Crippen LogP contribution is -2.25. The molecular formula is C13H27N3O5. The van der Waals surface area contributed by atoms with Crippen LogP contribution >= 0.6 is 0 Å². The van der Waals surface area contributed by atoms with E-state index in [1.807, 2.05) is 0 Å². The average molecular weight is 305 g/mol. The van der Waals surface area contributed by atoms with Crippen molar-refractivity contribution in [3.63, 3.8) is 0 Å². The highest BCUT2D eigenvalue weighted by Gasteiger charge is 2.07. The maximum Gasteiger partial charge on any atom is 0.407 e. The minimum atomic E-state index is -0.711. The van der Waals surface area contributed by atoms with E-state index in [2.05, 4.69) is 20.5 Å². The van der Waals surface area contributed by atoms with Gasteiger partial charge in [0.25, 0.3) is 0 Å². The number of hydrogen-bond donors (Lipinski definition) is 3. The molecule has 0 aromatic rings. The highest BCUT2D eigenvalue weighted by atomic mass is 16.5. The molecule has 3 amide bonds. The van der Waals surface area contributed by atoms with E-state index in [0.29, 0.717) is 19.8 Å². The maximum absolute atomic E-state index is 10.8. The second-order valence-electron chi connectivity index (χ2n) is 4.20. The molecule has 0 aromatic heterocycles. The Hall–Kier alpha value is -1.99. The van der Waals surface area contributed by atoms with Gasteiger partial charge in [-0.1, -0.05) is 13.3 Å². The van der Waals surface area contributed by atoms with Crippen molar-refractivity contribution in [2.24, 2.45) is 17.4 Å². The topological polar surface area (TPSA) is 134 Å². The monoisotopic (exact) mass is 305 g/mol. The predicted octanol–water partition coefficient (Wildman–Crippen LogP) is 1.13. The molecule has 0 aromatic carbocycles. The van der Waals surface area contributed by atoms with Gasteiger partial charge in [0.1, 0.15) is 0 Å². The van der Waals surface area contributed by atoms with E-state index in [9.17, 15) is 14.4 Å². The van der Waals surface area contributed by atoms with Gasteiger partial charge in [0.15, 0.2) is 0 Å². The van der Waals surface area contributed by atoms with Crippen LogP contribution in [-0.4, -0.2) is 37.9 Å². The number of nitrogens with two attached hydrogens (primary N) is 2. The quantitative estimate of drug-likeness (QED) is 0.578. The average Bonchev–Trinajstić information content (AvgIpc) is 2.38. The second kappa shape index (κ2) is 14.4. The van der Waals surface area contributed by atoms with Crippen molar-refractivity contribution in [2.45, 2.75) is 40.0 Å². The first-order chi connectivity index (χ1) is 9.84. The van der Waals surface area contributed by atoms with E-state index in [1.54, 1.807) is 20.8 Å². The summed E-state index contributed by atoms with van der Waals surface area (Å²) in [4.78, 5) is 31.1. The summed E-state index contributed by atoms with van der Waals surface area (Å²) in [5, 5.41) is 2.61. The van der Waals surface area contributed by atoms with Crippen LogP contribution in [0.3, 0.4) is 0 Å². The van der Waals surface area contributed by atoms with Gasteiger partial charge < -0.3 is 26.3 Å². The number of unbranched alkanes of at least 4 members (excludes halogenated alkanes) is 1. The Morgan fingerprint density at radius 1 is 1.05 bits per heavy atom. The molecule has 8 heteroatoms. The van der Waals surface area contributed by atoms with Crippen molar-refractivity contribution in [3.05, 3.63) is 0 Å². The van der Waals surface area contributed by atoms with Crippen LogP contribution in [0.4, 0.5) is 9.59 Å². The Kier molecular flexibility index (Phi) is 14.6. The van der Waals surface area contributed by atoms with Crippen LogP contribution in [0.2, 0.25) is 0 Å². The second-order valence-corrected chi connectivity index (χ2v) is 4.20. The normalized spacial score (nSPS) is 10.6. The van der Waals surface area contributed by atoms with Crippen molar-refractivity contribution >= 4 is 18.1 Å². The number of nitrogens with one attached hydrogen (secondary N) is 1. The van der Waals surface area contributed by atoms with Crippen molar-refractivity contribution in [3.8, 4) is 0 Å². The number of hydrogen-bond acceptors (Lipinski definition) is 5. The lowest BCUT2D eigenvalue weighted by molar-refractivity contribution is -0.121. The molecule has 0 bridgehead atoms. The standard InChI is InChI=1S/C10H20N2O3.C3H7NO2/c1-3-15-10(14)12-7-5-4-6-8(2)9(11)13;1-2-6-3(4)5/h8H,3-7H2,1-2H3,(H2,11,13)(H,12,14);2H2,1H3,(H2,4,5). The summed E-state index contributed by atoms with van der Waals surface area (Å²) in [5.74, 6) is -0.360. The van der Waals surface area contributed by atoms with Crippen molar-refractivity contribution in [1.82, 2.24) is 5.32 Å². The van der Waals surface area contributed by atoms with Gasteiger partial charge in [0.2, 0.25) is 5.91 Å². The molecule has 5 N–H and O–H groups in total. The van der Waals surface area contributed by atoms with E-state index in [4.69, 9.17) is 5.73 Å². The van der Waals surface area contributed by atoms with Crippen molar-refractivity contribution in [1.29, 1.82) is 0 Å². The number of ether oxygens (including phenoxy) is 2.